The van der Waals surface area contributed by atoms with Gasteiger partial charge in [0.25, 0.3) is 0 Å². The molecule has 0 spiro atoms. The third-order valence-corrected chi connectivity index (χ3v) is 4.91. The van der Waals surface area contributed by atoms with Crippen LogP contribution in [0, 0.1) is 0 Å². The first kappa shape index (κ1) is 12.6. The topological polar surface area (TPSA) is 12.0 Å². The molecule has 0 unspecified atom stereocenters. The molecule has 0 aliphatic rings. The predicted octanol–water partition coefficient (Wildman–Crippen LogP) is 4.77. The lowest BCUT2D eigenvalue weighted by Gasteiger charge is -2.00. The highest BCUT2D eigenvalue weighted by Gasteiger charge is 2.02. The van der Waals surface area contributed by atoms with E-state index in [4.69, 9.17) is 0 Å². The van der Waals surface area contributed by atoms with Crippen LogP contribution in [0.2, 0.25) is 0 Å². The molecule has 3 heteroatoms. The molecule has 1 nitrogen and oxygen atoms in total. The Labute approximate surface area is 121 Å². The van der Waals surface area contributed by atoms with Crippen molar-refractivity contribution in [1.82, 2.24) is 5.32 Å². The molecule has 0 aliphatic carbocycles. The van der Waals surface area contributed by atoms with E-state index in [0.717, 1.165) is 13.1 Å². The van der Waals surface area contributed by atoms with Crippen LogP contribution in [0.5, 0.6) is 0 Å². The zero-order chi connectivity index (χ0) is 12.9. The van der Waals surface area contributed by atoms with Gasteiger partial charge in [-0.05, 0) is 29.1 Å². The summed E-state index contributed by atoms with van der Waals surface area (Å²) in [7, 11) is 0. The minimum atomic E-state index is 0.940. The molecule has 0 atom stereocenters. The van der Waals surface area contributed by atoms with Gasteiger partial charge < -0.3 is 5.32 Å². The van der Waals surface area contributed by atoms with Crippen LogP contribution in [0.4, 0.5) is 0 Å². The van der Waals surface area contributed by atoms with Gasteiger partial charge in [0, 0.05) is 27.7 Å². The van der Waals surface area contributed by atoms with E-state index in [1.165, 1.54) is 20.2 Å². The minimum Gasteiger partial charge on any atom is -0.307 e. The van der Waals surface area contributed by atoms with Gasteiger partial charge in [-0.2, -0.15) is 0 Å². The van der Waals surface area contributed by atoms with Crippen LogP contribution in [0.3, 0.4) is 0 Å². The summed E-state index contributed by atoms with van der Waals surface area (Å²) < 4.78 is 0. The molecule has 0 amide bonds. The summed E-state index contributed by atoms with van der Waals surface area (Å²) in [5.41, 5.74) is 1.30. The highest BCUT2D eigenvalue weighted by atomic mass is 32.1. The maximum absolute atomic E-state index is 3.49. The van der Waals surface area contributed by atoms with Crippen molar-refractivity contribution >= 4 is 22.7 Å². The van der Waals surface area contributed by atoms with Crippen molar-refractivity contribution in [3.8, 4) is 10.4 Å². The van der Waals surface area contributed by atoms with Gasteiger partial charge in [0.15, 0.2) is 0 Å². The van der Waals surface area contributed by atoms with Crippen LogP contribution in [-0.2, 0) is 13.1 Å². The molecule has 1 aromatic carbocycles. The average molecular weight is 285 g/mol. The van der Waals surface area contributed by atoms with Gasteiger partial charge in [-0.15, -0.1) is 22.7 Å². The van der Waals surface area contributed by atoms with Crippen LogP contribution in [0.25, 0.3) is 10.4 Å². The lowest BCUT2D eigenvalue weighted by Crippen LogP contribution is -2.10. The number of hydrogen-bond acceptors (Lipinski definition) is 3. The van der Waals surface area contributed by atoms with Gasteiger partial charge in [0.1, 0.15) is 0 Å². The number of thiophene rings is 2. The summed E-state index contributed by atoms with van der Waals surface area (Å²) in [5, 5.41) is 5.61. The quantitative estimate of drug-likeness (QED) is 0.712. The molecule has 0 fully saturated rings. The molecule has 96 valence electrons. The number of nitrogens with one attached hydrogen (secondary N) is 1. The summed E-state index contributed by atoms with van der Waals surface area (Å²) in [6.07, 6.45) is 0. The smallest absolute Gasteiger partial charge is 0.0346 e. The van der Waals surface area contributed by atoms with Crippen LogP contribution in [-0.4, -0.2) is 0 Å². The first-order chi connectivity index (χ1) is 9.42. The van der Waals surface area contributed by atoms with E-state index in [1.807, 2.05) is 11.3 Å². The highest BCUT2D eigenvalue weighted by molar-refractivity contribution is 7.15. The Kier molecular flexibility index (Phi) is 4.08. The first-order valence-corrected chi connectivity index (χ1v) is 7.99. The zero-order valence-corrected chi connectivity index (χ0v) is 12.1. The summed E-state index contributed by atoms with van der Waals surface area (Å²) >= 11 is 3.67. The molecule has 2 heterocycles. The number of rotatable bonds is 5. The molecule has 2 aromatic heterocycles. The fourth-order valence-corrected chi connectivity index (χ4v) is 3.61. The SMILES string of the molecule is c1ccc(-c2ccc(CNCc3cccs3)s2)cc1. The average Bonchev–Trinajstić information content (AvgIpc) is 3.11. The van der Waals surface area contributed by atoms with Crippen LogP contribution in [0.15, 0.2) is 60.0 Å². The van der Waals surface area contributed by atoms with Crippen molar-refractivity contribution in [3.63, 3.8) is 0 Å². The van der Waals surface area contributed by atoms with E-state index in [9.17, 15) is 0 Å². The van der Waals surface area contributed by atoms with Gasteiger partial charge in [-0.25, -0.2) is 0 Å². The Hall–Kier alpha value is -1.42. The van der Waals surface area contributed by atoms with Crippen molar-refractivity contribution < 1.29 is 0 Å². The highest BCUT2D eigenvalue weighted by Crippen LogP contribution is 2.27. The van der Waals surface area contributed by atoms with Gasteiger partial charge in [0.2, 0.25) is 0 Å². The normalized spacial score (nSPS) is 10.7. The summed E-state index contributed by atoms with van der Waals surface area (Å²) in [4.78, 5) is 4.11. The Morgan fingerprint density at radius 1 is 0.789 bits per heavy atom. The molecule has 0 saturated carbocycles. The van der Waals surface area contributed by atoms with Crippen molar-refractivity contribution in [2.24, 2.45) is 0 Å². The Bertz CT molecular complexity index is 611. The number of benzene rings is 1. The van der Waals surface area contributed by atoms with Crippen LogP contribution >= 0.6 is 22.7 Å². The van der Waals surface area contributed by atoms with Crippen LogP contribution < -0.4 is 5.32 Å². The molecule has 3 aromatic rings. The van der Waals surface area contributed by atoms with E-state index >= 15 is 0 Å². The van der Waals surface area contributed by atoms with Gasteiger partial charge in [0.05, 0.1) is 0 Å². The largest absolute Gasteiger partial charge is 0.307 e. The molecule has 0 aliphatic heterocycles. The summed E-state index contributed by atoms with van der Waals surface area (Å²) in [6.45, 7) is 1.89. The molecule has 0 saturated heterocycles. The van der Waals surface area contributed by atoms with Crippen molar-refractivity contribution in [3.05, 3.63) is 69.7 Å². The molecule has 1 N–H and O–H groups in total. The molecule has 0 bridgehead atoms. The first-order valence-electron chi connectivity index (χ1n) is 6.29. The molecule has 19 heavy (non-hydrogen) atoms. The lowest BCUT2D eigenvalue weighted by atomic mass is 10.2. The summed E-state index contributed by atoms with van der Waals surface area (Å²) in [5.74, 6) is 0. The maximum atomic E-state index is 3.49. The standard InChI is InChI=1S/C16H15NS2/c1-2-5-13(6-3-1)16-9-8-15(19-16)12-17-11-14-7-4-10-18-14/h1-10,17H,11-12H2. The lowest BCUT2D eigenvalue weighted by molar-refractivity contribution is 0.709. The van der Waals surface area contributed by atoms with E-state index in [0.29, 0.717) is 0 Å². The van der Waals surface area contributed by atoms with E-state index < -0.39 is 0 Å². The monoisotopic (exact) mass is 285 g/mol. The zero-order valence-electron chi connectivity index (χ0n) is 10.5. The van der Waals surface area contributed by atoms with Crippen molar-refractivity contribution in [2.45, 2.75) is 13.1 Å². The fraction of sp³-hybridized carbons (Fsp3) is 0.125. The molecule has 0 radical (unpaired) electrons. The Morgan fingerprint density at radius 3 is 2.42 bits per heavy atom. The fourth-order valence-electron chi connectivity index (χ4n) is 1.95. The van der Waals surface area contributed by atoms with Gasteiger partial charge in [-0.3, -0.25) is 0 Å². The van der Waals surface area contributed by atoms with Gasteiger partial charge >= 0.3 is 0 Å². The maximum Gasteiger partial charge on any atom is 0.0346 e. The molecular formula is C16H15NS2. The molecular weight excluding hydrogens is 270 g/mol. The van der Waals surface area contributed by atoms with E-state index in [1.54, 1.807) is 11.3 Å². The second-order valence-corrected chi connectivity index (χ2v) is 6.52. The van der Waals surface area contributed by atoms with E-state index in [-0.39, 0.29) is 0 Å². The second-order valence-electron chi connectivity index (χ2n) is 4.31. The Morgan fingerprint density at radius 2 is 1.63 bits per heavy atom. The number of hydrogen-bond donors (Lipinski definition) is 1. The predicted molar refractivity (Wildman–Crippen MR) is 84.6 cm³/mol. The van der Waals surface area contributed by atoms with Crippen molar-refractivity contribution in [2.75, 3.05) is 0 Å². The van der Waals surface area contributed by atoms with Crippen LogP contribution in [0.1, 0.15) is 9.75 Å². The van der Waals surface area contributed by atoms with Gasteiger partial charge in [-0.1, -0.05) is 36.4 Å². The third-order valence-electron chi connectivity index (χ3n) is 2.90. The van der Waals surface area contributed by atoms with E-state index in [2.05, 4.69) is 65.3 Å². The second kappa shape index (κ2) is 6.15. The third kappa shape index (κ3) is 3.32. The molecule has 3 rings (SSSR count). The summed E-state index contributed by atoms with van der Waals surface area (Å²) in [6, 6.07) is 19.2. The Balaban J connectivity index is 1.59. The minimum absolute atomic E-state index is 0.940. The van der Waals surface area contributed by atoms with Crippen molar-refractivity contribution in [1.29, 1.82) is 0 Å².